The van der Waals surface area contributed by atoms with Crippen molar-refractivity contribution >= 4 is 10.0 Å². The van der Waals surface area contributed by atoms with Gasteiger partial charge in [-0.3, -0.25) is 0 Å². The molecule has 0 saturated heterocycles. The highest BCUT2D eigenvalue weighted by atomic mass is 32.2. The van der Waals surface area contributed by atoms with E-state index >= 15 is 0 Å². The van der Waals surface area contributed by atoms with Gasteiger partial charge < -0.3 is 0 Å². The van der Waals surface area contributed by atoms with Gasteiger partial charge in [-0.2, -0.15) is 4.31 Å². The van der Waals surface area contributed by atoms with Crippen molar-refractivity contribution in [2.75, 3.05) is 12.3 Å². The van der Waals surface area contributed by atoms with Crippen LogP contribution in [0.25, 0.3) is 0 Å². The molecule has 102 valence electrons. The lowest BCUT2D eigenvalue weighted by atomic mass is 10.1. The standard InChI is InChI=1S/C13H20FNO2S/c1-4-10-18(16,17)15(5-2)11(3)12-6-8-13(14)9-7-12/h6-9,11H,4-5,10H2,1-3H3. The van der Waals surface area contributed by atoms with Crippen molar-refractivity contribution in [1.29, 1.82) is 0 Å². The number of nitrogens with zero attached hydrogens (tertiary/aromatic N) is 1. The summed E-state index contributed by atoms with van der Waals surface area (Å²) < 4.78 is 38.5. The summed E-state index contributed by atoms with van der Waals surface area (Å²) in [5.41, 5.74) is 0.804. The van der Waals surface area contributed by atoms with Gasteiger partial charge in [-0.1, -0.05) is 26.0 Å². The molecule has 1 unspecified atom stereocenters. The first-order valence-corrected chi connectivity index (χ1v) is 7.78. The highest BCUT2D eigenvalue weighted by molar-refractivity contribution is 7.89. The van der Waals surface area contributed by atoms with Gasteiger partial charge in [0.05, 0.1) is 5.75 Å². The van der Waals surface area contributed by atoms with Gasteiger partial charge in [0, 0.05) is 12.6 Å². The lowest BCUT2D eigenvalue weighted by Gasteiger charge is -2.27. The zero-order chi connectivity index (χ0) is 13.8. The maximum atomic E-state index is 12.9. The van der Waals surface area contributed by atoms with E-state index in [-0.39, 0.29) is 17.6 Å². The Hall–Kier alpha value is -0.940. The van der Waals surface area contributed by atoms with Crippen LogP contribution < -0.4 is 0 Å². The van der Waals surface area contributed by atoms with Crippen molar-refractivity contribution in [2.45, 2.75) is 33.2 Å². The molecule has 0 amide bonds. The fourth-order valence-corrected chi connectivity index (χ4v) is 3.74. The summed E-state index contributed by atoms with van der Waals surface area (Å²) in [5.74, 6) is -0.169. The summed E-state index contributed by atoms with van der Waals surface area (Å²) in [6, 6.07) is 5.69. The third-order valence-corrected chi connectivity index (χ3v) is 5.13. The molecule has 0 radical (unpaired) electrons. The van der Waals surface area contributed by atoms with Gasteiger partial charge in [-0.15, -0.1) is 0 Å². The molecule has 1 aromatic rings. The molecule has 0 aromatic heterocycles. The lowest BCUT2D eigenvalue weighted by molar-refractivity contribution is 0.356. The van der Waals surface area contributed by atoms with E-state index in [4.69, 9.17) is 0 Å². The molecule has 0 spiro atoms. The maximum absolute atomic E-state index is 12.9. The Morgan fingerprint density at radius 3 is 2.22 bits per heavy atom. The second-order valence-corrected chi connectivity index (χ2v) is 6.29. The minimum absolute atomic E-state index is 0.145. The minimum Gasteiger partial charge on any atom is -0.212 e. The van der Waals surface area contributed by atoms with Crippen LogP contribution in [0.3, 0.4) is 0 Å². The number of benzene rings is 1. The van der Waals surface area contributed by atoms with Crippen LogP contribution in [0.4, 0.5) is 4.39 Å². The Morgan fingerprint density at radius 2 is 1.78 bits per heavy atom. The quantitative estimate of drug-likeness (QED) is 0.799. The Kier molecular flexibility index (Phi) is 5.28. The Balaban J connectivity index is 2.99. The number of halogens is 1. The fraction of sp³-hybridized carbons (Fsp3) is 0.538. The molecule has 3 nitrogen and oxygen atoms in total. The van der Waals surface area contributed by atoms with Crippen LogP contribution in [0.1, 0.15) is 38.8 Å². The summed E-state index contributed by atoms with van der Waals surface area (Å²) in [5, 5.41) is 0. The van der Waals surface area contributed by atoms with Crippen LogP contribution in [0, 0.1) is 5.82 Å². The van der Waals surface area contributed by atoms with E-state index in [1.54, 1.807) is 12.1 Å². The van der Waals surface area contributed by atoms with Crippen LogP contribution in [-0.2, 0) is 10.0 Å². The van der Waals surface area contributed by atoms with Crippen LogP contribution >= 0.6 is 0 Å². The zero-order valence-corrected chi connectivity index (χ0v) is 11.9. The zero-order valence-electron chi connectivity index (χ0n) is 11.1. The molecular weight excluding hydrogens is 253 g/mol. The molecule has 0 aliphatic carbocycles. The highest BCUT2D eigenvalue weighted by Gasteiger charge is 2.25. The molecule has 0 heterocycles. The van der Waals surface area contributed by atoms with Crippen molar-refractivity contribution in [1.82, 2.24) is 4.31 Å². The Morgan fingerprint density at radius 1 is 1.22 bits per heavy atom. The van der Waals surface area contributed by atoms with Crippen molar-refractivity contribution in [3.8, 4) is 0 Å². The van der Waals surface area contributed by atoms with Gasteiger partial charge >= 0.3 is 0 Å². The average molecular weight is 273 g/mol. The number of hydrogen-bond acceptors (Lipinski definition) is 2. The molecule has 0 saturated carbocycles. The molecule has 5 heteroatoms. The van der Waals surface area contributed by atoms with Crippen LogP contribution in [0.15, 0.2) is 24.3 Å². The van der Waals surface area contributed by atoms with Gasteiger partial charge in [0.25, 0.3) is 0 Å². The first kappa shape index (κ1) is 15.1. The summed E-state index contributed by atoms with van der Waals surface area (Å²) in [4.78, 5) is 0. The smallest absolute Gasteiger partial charge is 0.212 e. The van der Waals surface area contributed by atoms with Gasteiger partial charge in [0.15, 0.2) is 0 Å². The second kappa shape index (κ2) is 6.29. The SMILES string of the molecule is CCCS(=O)(=O)N(CC)C(C)c1ccc(F)cc1. The van der Waals surface area contributed by atoms with Crippen molar-refractivity contribution in [2.24, 2.45) is 0 Å². The first-order valence-electron chi connectivity index (χ1n) is 6.17. The van der Waals surface area contributed by atoms with E-state index < -0.39 is 10.0 Å². The largest absolute Gasteiger partial charge is 0.214 e. The lowest BCUT2D eigenvalue weighted by Crippen LogP contribution is -2.35. The molecule has 18 heavy (non-hydrogen) atoms. The minimum atomic E-state index is -3.24. The van der Waals surface area contributed by atoms with Crippen LogP contribution in [0.5, 0.6) is 0 Å². The molecule has 0 aliphatic heterocycles. The maximum Gasteiger partial charge on any atom is 0.214 e. The summed E-state index contributed by atoms with van der Waals surface area (Å²) >= 11 is 0. The Labute approximate surface area is 109 Å². The third kappa shape index (κ3) is 3.53. The van der Waals surface area contributed by atoms with Crippen LogP contribution in [0.2, 0.25) is 0 Å². The predicted molar refractivity (Wildman–Crippen MR) is 71.3 cm³/mol. The molecule has 0 bridgehead atoms. The molecule has 1 aromatic carbocycles. The fourth-order valence-electron chi connectivity index (χ4n) is 1.99. The normalized spacial score (nSPS) is 13.8. The highest BCUT2D eigenvalue weighted by Crippen LogP contribution is 2.23. The average Bonchev–Trinajstić information content (AvgIpc) is 2.30. The summed E-state index contributed by atoms with van der Waals surface area (Å²) in [6.45, 7) is 5.89. The predicted octanol–water partition coefficient (Wildman–Crippen LogP) is 2.95. The third-order valence-electron chi connectivity index (χ3n) is 2.92. The first-order chi connectivity index (χ1) is 8.42. The van der Waals surface area contributed by atoms with E-state index in [2.05, 4.69) is 0 Å². The van der Waals surface area contributed by atoms with Gasteiger partial charge in [0.1, 0.15) is 5.82 Å². The topological polar surface area (TPSA) is 37.4 Å². The molecule has 1 rings (SSSR count). The van der Waals surface area contributed by atoms with Gasteiger partial charge in [-0.25, -0.2) is 12.8 Å². The summed E-state index contributed by atoms with van der Waals surface area (Å²) in [6.07, 6.45) is 0.592. The van der Waals surface area contributed by atoms with Gasteiger partial charge in [-0.05, 0) is 31.0 Å². The molecule has 1 atom stereocenters. The van der Waals surface area contributed by atoms with E-state index in [1.165, 1.54) is 16.4 Å². The van der Waals surface area contributed by atoms with E-state index in [0.717, 1.165) is 5.56 Å². The molecule has 0 fully saturated rings. The Bertz CT molecular complexity index is 470. The molecular formula is C13H20FNO2S. The van der Waals surface area contributed by atoms with Gasteiger partial charge in [0.2, 0.25) is 10.0 Å². The number of rotatable bonds is 6. The van der Waals surface area contributed by atoms with Crippen molar-refractivity contribution < 1.29 is 12.8 Å². The number of sulfonamides is 1. The molecule has 0 aliphatic rings. The van der Waals surface area contributed by atoms with E-state index in [9.17, 15) is 12.8 Å². The van der Waals surface area contributed by atoms with Crippen molar-refractivity contribution in [3.63, 3.8) is 0 Å². The van der Waals surface area contributed by atoms with Crippen LogP contribution in [-0.4, -0.2) is 25.0 Å². The monoisotopic (exact) mass is 273 g/mol. The van der Waals surface area contributed by atoms with E-state index in [0.29, 0.717) is 13.0 Å². The summed E-state index contributed by atoms with van der Waals surface area (Å²) in [7, 11) is -3.24. The second-order valence-electron chi connectivity index (χ2n) is 4.25. The number of hydrogen-bond donors (Lipinski definition) is 0. The molecule has 0 N–H and O–H groups in total. The van der Waals surface area contributed by atoms with E-state index in [1.807, 2.05) is 20.8 Å². The van der Waals surface area contributed by atoms with Crippen molar-refractivity contribution in [3.05, 3.63) is 35.6 Å².